The van der Waals surface area contributed by atoms with Crippen molar-refractivity contribution in [2.24, 2.45) is 0 Å². The molecule has 0 aromatic heterocycles. The van der Waals surface area contributed by atoms with Gasteiger partial charge in [0.05, 0.1) is 0 Å². The van der Waals surface area contributed by atoms with E-state index in [1.54, 1.807) is 33.5 Å². The zero-order valence-corrected chi connectivity index (χ0v) is 24.0. The number of methoxy groups -OCH3 is 3. The van der Waals surface area contributed by atoms with Crippen LogP contribution in [0.15, 0.2) is 97.1 Å². The maximum absolute atomic E-state index is 13.8. The van der Waals surface area contributed by atoms with Crippen LogP contribution < -0.4 is 14.2 Å². The molecule has 0 aliphatic rings. The number of ether oxygens (including phenoxy) is 3. The normalized spacial score (nSPS) is 11.2. The van der Waals surface area contributed by atoms with Gasteiger partial charge in [-0.25, -0.2) is 0 Å². The number of hydrogen-bond acceptors (Lipinski definition) is 3. The Bertz CT molecular complexity index is 1100. The second kappa shape index (κ2) is 12.3. The molecular weight excluding hydrogens is 558 g/mol. The monoisotopic (exact) mass is 592 g/mol. The van der Waals surface area contributed by atoms with Crippen molar-refractivity contribution in [2.75, 3.05) is 21.3 Å². The summed E-state index contributed by atoms with van der Waals surface area (Å²) in [7, 11) is 5.08. The van der Waals surface area contributed by atoms with Crippen molar-refractivity contribution in [1.29, 1.82) is 0 Å². The second-order valence-electron chi connectivity index (χ2n) is 9.38. The van der Waals surface area contributed by atoms with Crippen LogP contribution in [0.2, 0.25) is 0 Å². The number of halogens is 1. The Balaban J connectivity index is 1.76. The van der Waals surface area contributed by atoms with Crippen molar-refractivity contribution in [3.05, 3.63) is 125 Å². The Morgan fingerprint density at radius 2 is 0.694 bits per heavy atom. The molecule has 4 aromatic carbocycles. The van der Waals surface area contributed by atoms with Gasteiger partial charge in [0.15, 0.2) is 0 Å². The molecule has 4 rings (SSSR count). The summed E-state index contributed by atoms with van der Waals surface area (Å²) in [5.41, 5.74) is 5.20. The summed E-state index contributed by atoms with van der Waals surface area (Å²) >= 11 is -3.10. The summed E-state index contributed by atoms with van der Waals surface area (Å²) in [6.07, 6.45) is 0. The second-order valence-corrected chi connectivity index (χ2v) is 22.0. The van der Waals surface area contributed by atoms with Crippen molar-refractivity contribution in [3.8, 4) is 17.2 Å². The number of rotatable bonds is 11. The molecule has 36 heavy (non-hydrogen) atoms. The maximum atomic E-state index is 13.8. The van der Waals surface area contributed by atoms with Gasteiger partial charge < -0.3 is 0 Å². The van der Waals surface area contributed by atoms with Crippen LogP contribution in [0.3, 0.4) is 0 Å². The van der Waals surface area contributed by atoms with E-state index in [0.29, 0.717) is 0 Å². The first-order valence-corrected chi connectivity index (χ1v) is 20.2. The third kappa shape index (κ3) is 7.03. The summed E-state index contributed by atoms with van der Waals surface area (Å²) < 4.78 is 34.2. The van der Waals surface area contributed by atoms with Crippen LogP contribution in [0.25, 0.3) is 0 Å². The van der Waals surface area contributed by atoms with Crippen molar-refractivity contribution >= 4 is 18.4 Å². The summed E-state index contributed by atoms with van der Waals surface area (Å²) in [6, 6.07) is 32.5. The van der Waals surface area contributed by atoms with Crippen molar-refractivity contribution < 1.29 is 18.6 Å². The van der Waals surface area contributed by atoms with E-state index in [9.17, 15) is 4.39 Å². The fraction of sp³-hybridized carbons (Fsp3) is 0.226. The fourth-order valence-electron chi connectivity index (χ4n) is 4.94. The molecule has 0 aliphatic heterocycles. The molecule has 186 valence electrons. The Labute approximate surface area is 217 Å². The van der Waals surface area contributed by atoms with E-state index in [1.807, 2.05) is 48.5 Å². The van der Waals surface area contributed by atoms with Gasteiger partial charge in [0.1, 0.15) is 0 Å². The summed E-state index contributed by atoms with van der Waals surface area (Å²) in [4.78, 5) is 0. The minimum absolute atomic E-state index is 0.194. The molecule has 3 nitrogen and oxygen atoms in total. The topological polar surface area (TPSA) is 27.7 Å². The minimum atomic E-state index is -3.10. The molecule has 0 aliphatic carbocycles. The summed E-state index contributed by atoms with van der Waals surface area (Å²) in [5.74, 6) is 2.40. The number of hydrogen-bond donors (Lipinski definition) is 0. The molecule has 0 saturated heterocycles. The Kier molecular flexibility index (Phi) is 8.92. The van der Waals surface area contributed by atoms with Gasteiger partial charge in [0, 0.05) is 0 Å². The fourth-order valence-corrected chi connectivity index (χ4v) is 19.7. The molecule has 0 bridgehead atoms. The van der Waals surface area contributed by atoms with Gasteiger partial charge in [-0.2, -0.15) is 0 Å². The molecule has 5 heteroatoms. The molecule has 0 spiro atoms. The van der Waals surface area contributed by atoms with Gasteiger partial charge in [-0.05, 0) is 0 Å². The van der Waals surface area contributed by atoms with Crippen molar-refractivity contribution in [2.45, 2.75) is 17.7 Å². The molecule has 4 aromatic rings. The molecule has 0 N–H and O–H groups in total. The van der Waals surface area contributed by atoms with Gasteiger partial charge in [-0.1, -0.05) is 0 Å². The van der Waals surface area contributed by atoms with Crippen LogP contribution in [-0.2, 0) is 17.7 Å². The van der Waals surface area contributed by atoms with E-state index < -0.39 is 18.4 Å². The Hall–Kier alpha value is -2.99. The average molecular weight is 591 g/mol. The Morgan fingerprint density at radius 1 is 0.444 bits per heavy atom. The van der Waals surface area contributed by atoms with Gasteiger partial charge in [-0.15, -0.1) is 0 Å². The molecule has 0 fully saturated rings. The first kappa shape index (κ1) is 26.1. The van der Waals surface area contributed by atoms with E-state index in [-0.39, 0.29) is 5.82 Å². The first-order valence-electron chi connectivity index (χ1n) is 12.1. The molecule has 0 unspecified atom stereocenters. The standard InChI is InChI=1S/3C8H9O.C7H6F.Sn/c3*1-7-3-5-8(9-2)6-4-7;1-6-2-4-7(8)5-3-6;/h3*3-6H,1H2,2H3;2-5H,1H2;. The number of benzene rings is 4. The van der Waals surface area contributed by atoms with Gasteiger partial charge in [-0.3, -0.25) is 0 Å². The molecule has 0 atom stereocenters. The molecule has 0 radical (unpaired) electrons. The average Bonchev–Trinajstić information content (AvgIpc) is 2.91. The van der Waals surface area contributed by atoms with Crippen LogP contribution in [0, 0.1) is 5.82 Å². The van der Waals surface area contributed by atoms with E-state index in [4.69, 9.17) is 14.2 Å². The van der Waals surface area contributed by atoms with Crippen molar-refractivity contribution in [1.82, 2.24) is 0 Å². The van der Waals surface area contributed by atoms with E-state index in [1.165, 1.54) is 22.3 Å². The summed E-state index contributed by atoms with van der Waals surface area (Å²) in [6.45, 7) is 0. The van der Waals surface area contributed by atoms with Crippen LogP contribution in [0.1, 0.15) is 22.3 Å². The SMILES string of the molecule is COc1ccc([CH2][Sn]([CH2]c2ccc(F)cc2)([CH2]c2ccc(OC)cc2)[CH2]c2ccc(OC)cc2)cc1. The first-order chi connectivity index (χ1) is 17.5. The van der Waals surface area contributed by atoms with E-state index in [0.717, 1.165) is 35.0 Å². The van der Waals surface area contributed by atoms with Gasteiger partial charge >= 0.3 is 218 Å². The Morgan fingerprint density at radius 3 is 0.944 bits per heavy atom. The zero-order chi connectivity index (χ0) is 25.4. The molecular formula is C31H33FO3Sn. The van der Waals surface area contributed by atoms with Gasteiger partial charge in [0.25, 0.3) is 0 Å². The zero-order valence-electron chi connectivity index (χ0n) is 21.2. The van der Waals surface area contributed by atoms with Gasteiger partial charge in [0.2, 0.25) is 0 Å². The molecule has 0 saturated carbocycles. The predicted octanol–water partition coefficient (Wildman–Crippen LogP) is 6.73. The van der Waals surface area contributed by atoms with E-state index >= 15 is 0 Å². The third-order valence-electron chi connectivity index (χ3n) is 6.71. The van der Waals surface area contributed by atoms with Crippen LogP contribution in [0.4, 0.5) is 4.39 Å². The van der Waals surface area contributed by atoms with Crippen LogP contribution >= 0.6 is 0 Å². The predicted molar refractivity (Wildman–Crippen MR) is 146 cm³/mol. The van der Waals surface area contributed by atoms with E-state index in [2.05, 4.69) is 36.4 Å². The quantitative estimate of drug-likeness (QED) is 0.181. The van der Waals surface area contributed by atoms with Crippen molar-refractivity contribution in [3.63, 3.8) is 0 Å². The summed E-state index contributed by atoms with van der Waals surface area (Å²) in [5, 5.41) is 0. The molecule has 0 heterocycles. The van der Waals surface area contributed by atoms with Crippen LogP contribution in [0.5, 0.6) is 17.2 Å². The third-order valence-corrected chi connectivity index (χ3v) is 19.9. The molecule has 0 amide bonds. The van der Waals surface area contributed by atoms with Crippen LogP contribution in [-0.4, -0.2) is 39.7 Å².